The number of benzene rings is 2. The molecular formula is C21H23F2N3O4S. The van der Waals surface area contributed by atoms with Gasteiger partial charge in [0.25, 0.3) is 5.91 Å². The van der Waals surface area contributed by atoms with Crippen molar-refractivity contribution >= 4 is 21.8 Å². The molecule has 1 aliphatic rings. The molecule has 1 saturated heterocycles. The largest absolute Gasteiger partial charge is 0.357 e. The fraction of sp³-hybridized carbons (Fsp3) is 0.333. The van der Waals surface area contributed by atoms with Gasteiger partial charge in [-0.2, -0.15) is 4.31 Å². The van der Waals surface area contributed by atoms with Crippen LogP contribution in [-0.4, -0.2) is 44.7 Å². The number of likely N-dealkylation sites (N-methyl/N-ethyl adjacent to an activating group) is 1. The van der Waals surface area contributed by atoms with Gasteiger partial charge < -0.3 is 10.6 Å². The van der Waals surface area contributed by atoms with Gasteiger partial charge in [-0.05, 0) is 48.7 Å². The Morgan fingerprint density at radius 3 is 2.35 bits per heavy atom. The van der Waals surface area contributed by atoms with Gasteiger partial charge in [-0.1, -0.05) is 18.6 Å². The van der Waals surface area contributed by atoms with E-state index < -0.39 is 39.5 Å². The summed E-state index contributed by atoms with van der Waals surface area (Å²) < 4.78 is 54.1. The maximum absolute atomic E-state index is 13.6. The molecule has 2 aromatic carbocycles. The van der Waals surface area contributed by atoms with Crippen molar-refractivity contribution < 1.29 is 26.8 Å². The molecule has 0 spiro atoms. The highest BCUT2D eigenvalue weighted by Gasteiger charge is 2.28. The lowest BCUT2D eigenvalue weighted by Crippen LogP contribution is -2.39. The van der Waals surface area contributed by atoms with Gasteiger partial charge in [-0.15, -0.1) is 0 Å². The summed E-state index contributed by atoms with van der Waals surface area (Å²) in [5.74, 6) is -3.61. The molecule has 1 unspecified atom stereocenters. The first-order valence-corrected chi connectivity index (χ1v) is 11.3. The van der Waals surface area contributed by atoms with Crippen molar-refractivity contribution in [2.75, 3.05) is 20.1 Å². The summed E-state index contributed by atoms with van der Waals surface area (Å²) in [4.78, 5) is 25.0. The van der Waals surface area contributed by atoms with Crippen molar-refractivity contribution in [1.29, 1.82) is 0 Å². The maximum atomic E-state index is 13.6. The van der Waals surface area contributed by atoms with Crippen LogP contribution in [0.15, 0.2) is 47.4 Å². The van der Waals surface area contributed by atoms with E-state index >= 15 is 0 Å². The Morgan fingerprint density at radius 1 is 1.00 bits per heavy atom. The highest BCUT2D eigenvalue weighted by Crippen LogP contribution is 2.22. The summed E-state index contributed by atoms with van der Waals surface area (Å²) >= 11 is 0. The number of sulfonamides is 1. The first-order chi connectivity index (χ1) is 14.7. The number of rotatable bonds is 6. The van der Waals surface area contributed by atoms with Crippen LogP contribution < -0.4 is 10.6 Å². The molecule has 1 atom stereocenters. The molecule has 2 aromatic rings. The van der Waals surface area contributed by atoms with Gasteiger partial charge in [-0.25, -0.2) is 17.2 Å². The Bertz CT molecular complexity index is 1090. The molecule has 166 valence electrons. The summed E-state index contributed by atoms with van der Waals surface area (Å²) in [6.07, 6.45) is 2.53. The Morgan fingerprint density at radius 2 is 1.71 bits per heavy atom. The van der Waals surface area contributed by atoms with E-state index in [9.17, 15) is 26.8 Å². The molecule has 3 rings (SSSR count). The van der Waals surface area contributed by atoms with Gasteiger partial charge in [-0.3, -0.25) is 9.59 Å². The monoisotopic (exact) mass is 451 g/mol. The SMILES string of the molecule is CNC(=O)C(NC(=O)c1cccc(S(=O)(=O)N2CCCCC2)c1)c1ccc(F)c(F)c1. The van der Waals surface area contributed by atoms with E-state index in [2.05, 4.69) is 10.6 Å². The second-order valence-electron chi connectivity index (χ2n) is 7.19. The minimum atomic E-state index is -3.75. The molecule has 1 aliphatic heterocycles. The predicted octanol–water partition coefficient (Wildman–Crippen LogP) is 2.36. The third-order valence-electron chi connectivity index (χ3n) is 5.11. The Kier molecular flexibility index (Phi) is 7.01. The summed E-state index contributed by atoms with van der Waals surface area (Å²) in [5.41, 5.74) is 0.0678. The van der Waals surface area contributed by atoms with E-state index in [1.807, 2.05) is 0 Å². The molecule has 31 heavy (non-hydrogen) atoms. The molecule has 0 radical (unpaired) electrons. The van der Waals surface area contributed by atoms with Crippen molar-refractivity contribution in [3.05, 3.63) is 65.2 Å². The molecule has 2 amide bonds. The molecular weight excluding hydrogens is 428 g/mol. The molecule has 0 saturated carbocycles. The fourth-order valence-corrected chi connectivity index (χ4v) is 4.97. The van der Waals surface area contributed by atoms with Crippen molar-refractivity contribution in [2.45, 2.75) is 30.2 Å². The number of piperidine rings is 1. The number of hydrogen-bond acceptors (Lipinski definition) is 4. The average molecular weight is 451 g/mol. The molecule has 0 aromatic heterocycles. The van der Waals surface area contributed by atoms with Crippen LogP contribution in [0.2, 0.25) is 0 Å². The van der Waals surface area contributed by atoms with Crippen molar-refractivity contribution in [3.8, 4) is 0 Å². The smallest absolute Gasteiger partial charge is 0.252 e. The minimum absolute atomic E-state index is 0.0219. The normalized spacial score (nSPS) is 15.8. The topological polar surface area (TPSA) is 95.6 Å². The van der Waals surface area contributed by atoms with Gasteiger partial charge in [0.15, 0.2) is 11.6 Å². The van der Waals surface area contributed by atoms with Crippen molar-refractivity contribution in [3.63, 3.8) is 0 Å². The zero-order valence-electron chi connectivity index (χ0n) is 16.9. The van der Waals surface area contributed by atoms with Crippen molar-refractivity contribution in [1.82, 2.24) is 14.9 Å². The number of hydrogen-bond donors (Lipinski definition) is 2. The van der Waals surface area contributed by atoms with E-state index in [1.165, 1.54) is 41.7 Å². The van der Waals surface area contributed by atoms with E-state index in [1.54, 1.807) is 0 Å². The quantitative estimate of drug-likeness (QED) is 0.705. The predicted molar refractivity (Wildman–Crippen MR) is 110 cm³/mol. The van der Waals surface area contributed by atoms with Gasteiger partial charge in [0, 0.05) is 25.7 Å². The Labute approximate surface area is 179 Å². The van der Waals surface area contributed by atoms with E-state index in [0.29, 0.717) is 13.1 Å². The minimum Gasteiger partial charge on any atom is -0.357 e. The first-order valence-electron chi connectivity index (χ1n) is 9.81. The van der Waals surface area contributed by atoms with Gasteiger partial charge >= 0.3 is 0 Å². The molecule has 0 bridgehead atoms. The highest BCUT2D eigenvalue weighted by molar-refractivity contribution is 7.89. The lowest BCUT2D eigenvalue weighted by Gasteiger charge is -2.26. The summed E-state index contributed by atoms with van der Waals surface area (Å²) in [5, 5.41) is 4.82. The number of amides is 2. The van der Waals surface area contributed by atoms with Crippen LogP contribution in [0.3, 0.4) is 0 Å². The zero-order valence-corrected chi connectivity index (χ0v) is 17.7. The van der Waals surface area contributed by atoms with Crippen LogP contribution >= 0.6 is 0 Å². The van der Waals surface area contributed by atoms with Gasteiger partial charge in [0.2, 0.25) is 15.9 Å². The van der Waals surface area contributed by atoms with Crippen LogP contribution in [0.4, 0.5) is 8.78 Å². The molecule has 7 nitrogen and oxygen atoms in total. The summed E-state index contributed by atoms with van der Waals surface area (Å²) in [6.45, 7) is 0.848. The standard InChI is InChI=1S/C21H23F2N3O4S/c1-24-21(28)19(14-8-9-17(22)18(23)13-14)25-20(27)15-6-5-7-16(12-15)31(29,30)26-10-3-2-4-11-26/h5-9,12-13,19H,2-4,10-11H2,1H3,(H,24,28)(H,25,27). The molecule has 0 aliphatic carbocycles. The van der Waals surface area contributed by atoms with Gasteiger partial charge in [0.05, 0.1) is 4.90 Å². The van der Waals surface area contributed by atoms with Crippen LogP contribution in [0, 0.1) is 11.6 Å². The fourth-order valence-electron chi connectivity index (χ4n) is 3.40. The summed E-state index contributed by atoms with van der Waals surface area (Å²) in [6, 6.07) is 7.09. The van der Waals surface area contributed by atoms with E-state index in [0.717, 1.165) is 31.4 Å². The van der Waals surface area contributed by atoms with Crippen LogP contribution in [-0.2, 0) is 14.8 Å². The second-order valence-corrected chi connectivity index (χ2v) is 9.12. The number of carbonyl (C=O) groups is 2. The molecule has 10 heteroatoms. The van der Waals surface area contributed by atoms with Crippen molar-refractivity contribution in [2.24, 2.45) is 0 Å². The van der Waals surface area contributed by atoms with E-state index in [4.69, 9.17) is 0 Å². The average Bonchev–Trinajstić information content (AvgIpc) is 2.79. The highest BCUT2D eigenvalue weighted by atomic mass is 32.2. The van der Waals surface area contributed by atoms with Crippen LogP contribution in [0.5, 0.6) is 0 Å². The zero-order chi connectivity index (χ0) is 22.6. The summed E-state index contributed by atoms with van der Waals surface area (Å²) in [7, 11) is -2.41. The van der Waals surface area contributed by atoms with E-state index in [-0.39, 0.29) is 16.0 Å². The molecule has 2 N–H and O–H groups in total. The number of halogens is 2. The number of carbonyl (C=O) groups excluding carboxylic acids is 2. The van der Waals surface area contributed by atoms with Crippen LogP contribution in [0.25, 0.3) is 0 Å². The Hall–Kier alpha value is -2.85. The third-order valence-corrected chi connectivity index (χ3v) is 7.00. The second kappa shape index (κ2) is 9.52. The first kappa shape index (κ1) is 22.8. The molecule has 1 fully saturated rings. The maximum Gasteiger partial charge on any atom is 0.252 e. The molecule has 1 heterocycles. The number of nitrogens with one attached hydrogen (secondary N) is 2. The third kappa shape index (κ3) is 5.08. The Balaban J connectivity index is 1.86. The lowest BCUT2D eigenvalue weighted by molar-refractivity contribution is -0.122. The van der Waals surface area contributed by atoms with Gasteiger partial charge in [0.1, 0.15) is 6.04 Å². The number of nitrogens with zero attached hydrogens (tertiary/aromatic N) is 1. The lowest BCUT2D eigenvalue weighted by atomic mass is 10.0. The van der Waals surface area contributed by atoms with Crippen LogP contribution in [0.1, 0.15) is 41.2 Å².